The molecular weight excluding hydrogens is 359 g/mol. The van der Waals surface area contributed by atoms with Crippen molar-refractivity contribution in [2.75, 3.05) is 0 Å². The molecule has 0 bridgehead atoms. The van der Waals surface area contributed by atoms with E-state index >= 15 is 0 Å². The summed E-state index contributed by atoms with van der Waals surface area (Å²) in [4.78, 5) is 11.7. The highest BCUT2D eigenvalue weighted by Crippen LogP contribution is 2.26. The van der Waals surface area contributed by atoms with Crippen molar-refractivity contribution in [2.24, 2.45) is 0 Å². The summed E-state index contributed by atoms with van der Waals surface area (Å²) in [5, 5.41) is 0. The third-order valence-corrected chi connectivity index (χ3v) is 3.26. The maximum absolute atomic E-state index is 14.0. The summed E-state index contributed by atoms with van der Waals surface area (Å²) in [7, 11) is 0. The van der Waals surface area contributed by atoms with Gasteiger partial charge in [0.05, 0.1) is 0 Å². The fourth-order valence-corrected chi connectivity index (χ4v) is 1.96. The number of hydrogen-bond donors (Lipinski definition) is 0. The van der Waals surface area contributed by atoms with Crippen LogP contribution in [0, 0.1) is 0 Å². The minimum absolute atomic E-state index is 0.134. The molecule has 8 heteroatoms. The predicted molar refractivity (Wildman–Crippen MR) is 83.7 cm³/mol. The number of alkyl halides is 3. The highest BCUT2D eigenvalue weighted by Gasteiger charge is 2.31. The van der Waals surface area contributed by atoms with Crippen molar-refractivity contribution >= 4 is 11.8 Å². The van der Waals surface area contributed by atoms with Gasteiger partial charge in [-0.15, -0.1) is 13.2 Å². The highest BCUT2D eigenvalue weighted by molar-refractivity contribution is 5.94. The molecule has 0 aliphatic carbocycles. The van der Waals surface area contributed by atoms with E-state index < -0.39 is 29.7 Å². The van der Waals surface area contributed by atoms with E-state index in [1.165, 1.54) is 12.1 Å². The van der Waals surface area contributed by atoms with Gasteiger partial charge in [-0.3, -0.25) is 0 Å². The molecule has 2 aromatic rings. The van der Waals surface area contributed by atoms with Gasteiger partial charge in [-0.25, -0.2) is 9.18 Å². The molecule has 2 aromatic carbocycles. The number of carbonyl (C=O) groups excluding carboxylic acids is 1. The highest BCUT2D eigenvalue weighted by atomic mass is 19.4. The molecule has 0 heterocycles. The Morgan fingerprint density at radius 1 is 0.923 bits per heavy atom. The standard InChI is InChI=1S/C18H13F5O3/c1-2-11-3-5-12(6-4-11)15(19)16(20)17(24)25-13-7-9-14(10-8-13)26-18(21,22)23/h3-10H,2H2,1H3/b16-15+. The molecule has 0 unspecified atom stereocenters. The second-order valence-electron chi connectivity index (χ2n) is 5.09. The van der Waals surface area contributed by atoms with Gasteiger partial charge in [-0.05, 0) is 36.2 Å². The normalized spacial score (nSPS) is 12.4. The van der Waals surface area contributed by atoms with Crippen molar-refractivity contribution in [2.45, 2.75) is 19.7 Å². The average molecular weight is 372 g/mol. The zero-order valence-corrected chi connectivity index (χ0v) is 13.4. The number of carbonyl (C=O) groups is 1. The number of ether oxygens (including phenoxy) is 2. The second kappa shape index (κ2) is 7.99. The Labute approximate surface area is 145 Å². The topological polar surface area (TPSA) is 35.5 Å². The van der Waals surface area contributed by atoms with E-state index in [2.05, 4.69) is 9.47 Å². The van der Waals surface area contributed by atoms with Gasteiger partial charge in [-0.2, -0.15) is 4.39 Å². The molecule has 26 heavy (non-hydrogen) atoms. The molecule has 138 valence electrons. The Balaban J connectivity index is 2.09. The van der Waals surface area contributed by atoms with Crippen LogP contribution < -0.4 is 9.47 Å². The number of hydrogen-bond acceptors (Lipinski definition) is 3. The first kappa shape index (κ1) is 19.4. The molecule has 0 aromatic heterocycles. The van der Waals surface area contributed by atoms with E-state index in [4.69, 9.17) is 0 Å². The van der Waals surface area contributed by atoms with Crippen molar-refractivity contribution in [1.29, 1.82) is 0 Å². The van der Waals surface area contributed by atoms with Crippen LogP contribution in [0.5, 0.6) is 11.5 Å². The van der Waals surface area contributed by atoms with Crippen LogP contribution >= 0.6 is 0 Å². The van der Waals surface area contributed by atoms with E-state index in [0.29, 0.717) is 6.42 Å². The summed E-state index contributed by atoms with van der Waals surface area (Å²) in [6.45, 7) is 1.89. The Kier molecular flexibility index (Phi) is 5.97. The number of aryl methyl sites for hydroxylation is 1. The largest absolute Gasteiger partial charge is 0.573 e. The number of rotatable bonds is 5. The van der Waals surface area contributed by atoms with Crippen LogP contribution in [0.3, 0.4) is 0 Å². The first-order chi connectivity index (χ1) is 12.2. The van der Waals surface area contributed by atoms with Crippen molar-refractivity contribution in [3.05, 3.63) is 65.5 Å². The van der Waals surface area contributed by atoms with Crippen LogP contribution in [-0.2, 0) is 11.2 Å². The molecule has 0 aliphatic heterocycles. The average Bonchev–Trinajstić information content (AvgIpc) is 2.61. The van der Waals surface area contributed by atoms with Gasteiger partial charge in [-0.1, -0.05) is 31.2 Å². The number of esters is 1. The van der Waals surface area contributed by atoms with Crippen LogP contribution in [0.25, 0.3) is 5.83 Å². The van der Waals surface area contributed by atoms with Gasteiger partial charge in [0, 0.05) is 5.56 Å². The minimum Gasteiger partial charge on any atom is -0.421 e. The van der Waals surface area contributed by atoms with E-state index in [1.54, 1.807) is 12.1 Å². The molecule has 2 rings (SSSR count). The number of benzene rings is 2. The van der Waals surface area contributed by atoms with Crippen LogP contribution in [0.15, 0.2) is 54.4 Å². The van der Waals surface area contributed by atoms with Crippen LogP contribution in [-0.4, -0.2) is 12.3 Å². The van der Waals surface area contributed by atoms with Gasteiger partial charge in [0.15, 0.2) is 5.83 Å². The Morgan fingerprint density at radius 2 is 1.46 bits per heavy atom. The molecule has 0 saturated heterocycles. The zero-order valence-electron chi connectivity index (χ0n) is 13.4. The predicted octanol–water partition coefficient (Wildman–Crippen LogP) is 5.36. The lowest BCUT2D eigenvalue weighted by molar-refractivity contribution is -0.274. The zero-order chi connectivity index (χ0) is 19.3. The molecule has 0 aliphatic rings. The summed E-state index contributed by atoms with van der Waals surface area (Å²) in [5.41, 5.74) is 0.774. The summed E-state index contributed by atoms with van der Waals surface area (Å²) >= 11 is 0. The maximum Gasteiger partial charge on any atom is 0.573 e. The summed E-state index contributed by atoms with van der Waals surface area (Å²) in [6, 6.07) is 9.49. The number of halogens is 5. The molecule has 0 fully saturated rings. The molecule has 0 amide bonds. The van der Waals surface area contributed by atoms with Crippen LogP contribution in [0.2, 0.25) is 0 Å². The monoisotopic (exact) mass is 372 g/mol. The summed E-state index contributed by atoms with van der Waals surface area (Å²) in [6.07, 6.45) is -4.16. The lowest BCUT2D eigenvalue weighted by Gasteiger charge is -2.09. The second-order valence-corrected chi connectivity index (χ2v) is 5.09. The molecule has 3 nitrogen and oxygen atoms in total. The van der Waals surface area contributed by atoms with Gasteiger partial charge in [0.2, 0.25) is 5.83 Å². The maximum atomic E-state index is 14.0. The molecule has 0 spiro atoms. The molecular formula is C18H13F5O3. The van der Waals surface area contributed by atoms with E-state index in [0.717, 1.165) is 29.8 Å². The van der Waals surface area contributed by atoms with Crippen molar-refractivity contribution < 1.29 is 36.2 Å². The third-order valence-electron chi connectivity index (χ3n) is 3.26. The van der Waals surface area contributed by atoms with E-state index in [9.17, 15) is 26.7 Å². The first-order valence-electron chi connectivity index (χ1n) is 7.42. The lowest BCUT2D eigenvalue weighted by atomic mass is 10.1. The summed E-state index contributed by atoms with van der Waals surface area (Å²) < 4.78 is 72.3. The quantitative estimate of drug-likeness (QED) is 0.307. The van der Waals surface area contributed by atoms with Crippen LogP contribution in [0.4, 0.5) is 22.0 Å². The van der Waals surface area contributed by atoms with Gasteiger partial charge < -0.3 is 9.47 Å². The summed E-state index contributed by atoms with van der Waals surface area (Å²) in [5.74, 6) is -5.56. The SMILES string of the molecule is CCc1ccc(/C(F)=C(\F)C(=O)Oc2ccc(OC(F)(F)F)cc2)cc1. The molecule has 0 saturated carbocycles. The van der Waals surface area contributed by atoms with E-state index in [1.807, 2.05) is 6.92 Å². The van der Waals surface area contributed by atoms with Crippen molar-refractivity contribution in [3.63, 3.8) is 0 Å². The molecule has 0 N–H and O–H groups in total. The Bertz CT molecular complexity index is 793. The van der Waals surface area contributed by atoms with Crippen molar-refractivity contribution in [3.8, 4) is 11.5 Å². The van der Waals surface area contributed by atoms with Gasteiger partial charge in [0.25, 0.3) is 0 Å². The third kappa shape index (κ3) is 5.30. The van der Waals surface area contributed by atoms with Crippen molar-refractivity contribution in [1.82, 2.24) is 0 Å². The fourth-order valence-electron chi connectivity index (χ4n) is 1.96. The smallest absolute Gasteiger partial charge is 0.421 e. The minimum atomic E-state index is -4.87. The van der Waals surface area contributed by atoms with Gasteiger partial charge in [0.1, 0.15) is 11.5 Å². The fraction of sp³-hybridized carbons (Fsp3) is 0.167. The molecule has 0 radical (unpaired) electrons. The lowest BCUT2D eigenvalue weighted by Crippen LogP contribution is -2.17. The first-order valence-corrected chi connectivity index (χ1v) is 7.42. The van der Waals surface area contributed by atoms with E-state index in [-0.39, 0.29) is 11.3 Å². The molecule has 0 atom stereocenters. The van der Waals surface area contributed by atoms with Gasteiger partial charge >= 0.3 is 12.3 Å². The van der Waals surface area contributed by atoms with Crippen LogP contribution in [0.1, 0.15) is 18.1 Å². The Hall–Kier alpha value is -2.90. The Morgan fingerprint density at radius 3 is 1.96 bits per heavy atom.